The van der Waals surface area contributed by atoms with Gasteiger partial charge in [0.15, 0.2) is 5.37 Å². The Labute approximate surface area is 120 Å². The summed E-state index contributed by atoms with van der Waals surface area (Å²) in [4.78, 5) is 36.2. The number of anilines is 1. The second kappa shape index (κ2) is 5.54. The lowest BCUT2D eigenvalue weighted by Crippen LogP contribution is -2.39. The zero-order valence-corrected chi connectivity index (χ0v) is 11.8. The number of carbonyl (C=O) groups excluding carboxylic acids is 2. The van der Waals surface area contributed by atoms with E-state index in [1.807, 2.05) is 0 Å². The van der Waals surface area contributed by atoms with Gasteiger partial charge in [-0.3, -0.25) is 14.5 Å². The number of imide groups is 1. The molecule has 1 aliphatic heterocycles. The van der Waals surface area contributed by atoms with Crippen LogP contribution in [0.4, 0.5) is 10.5 Å². The van der Waals surface area contributed by atoms with E-state index < -0.39 is 11.3 Å². The molecule has 106 valence electrons. The van der Waals surface area contributed by atoms with Crippen LogP contribution in [0.15, 0.2) is 24.3 Å². The van der Waals surface area contributed by atoms with Gasteiger partial charge in [-0.2, -0.15) is 0 Å². The monoisotopic (exact) mass is 294 g/mol. The Morgan fingerprint density at radius 2 is 2.00 bits per heavy atom. The minimum absolute atomic E-state index is 0.0661. The maximum Gasteiger partial charge on any atom is 0.337 e. The molecule has 1 unspecified atom stereocenters. The molecule has 1 aliphatic rings. The van der Waals surface area contributed by atoms with E-state index in [1.165, 1.54) is 11.0 Å². The highest BCUT2D eigenvalue weighted by Crippen LogP contribution is 2.30. The van der Waals surface area contributed by atoms with Gasteiger partial charge in [0.2, 0.25) is 0 Å². The lowest BCUT2D eigenvalue weighted by atomic mass is 10.2. The summed E-state index contributed by atoms with van der Waals surface area (Å²) >= 11 is 0.859. The number of rotatable bonds is 4. The maximum absolute atomic E-state index is 12.1. The van der Waals surface area contributed by atoms with Crippen LogP contribution < -0.4 is 5.32 Å². The molecule has 2 N–H and O–H groups in total. The number of nitrogens with zero attached hydrogens (tertiary/aromatic N) is 1. The summed E-state index contributed by atoms with van der Waals surface area (Å²) in [7, 11) is 0. The van der Waals surface area contributed by atoms with Gasteiger partial charge in [0.25, 0.3) is 11.1 Å². The maximum atomic E-state index is 12.1. The molecular formula is C13H14N2O4S. The average Bonchev–Trinajstić information content (AvgIpc) is 2.64. The van der Waals surface area contributed by atoms with Gasteiger partial charge in [0.1, 0.15) is 0 Å². The third kappa shape index (κ3) is 2.62. The van der Waals surface area contributed by atoms with E-state index in [4.69, 9.17) is 5.11 Å². The minimum Gasteiger partial charge on any atom is -0.478 e. The van der Waals surface area contributed by atoms with Gasteiger partial charge in [0.05, 0.1) is 5.56 Å². The smallest absolute Gasteiger partial charge is 0.337 e. The van der Waals surface area contributed by atoms with Gasteiger partial charge in [-0.05, 0) is 37.7 Å². The summed E-state index contributed by atoms with van der Waals surface area (Å²) in [5.74, 6) is -1.44. The molecular weight excluding hydrogens is 280 g/mol. The molecule has 6 nitrogen and oxygen atoms in total. The minimum atomic E-state index is -1.09. The third-order valence-electron chi connectivity index (χ3n) is 2.84. The number of thioether (sulfide) groups is 1. The van der Waals surface area contributed by atoms with Gasteiger partial charge in [-0.1, -0.05) is 12.1 Å². The number of para-hydroxylation sites is 1. The molecule has 0 saturated carbocycles. The number of amides is 2. The Kier molecular flexibility index (Phi) is 3.99. The molecule has 1 saturated heterocycles. The Balaban J connectivity index is 2.22. The van der Waals surface area contributed by atoms with Crippen LogP contribution in [0, 0.1) is 0 Å². The van der Waals surface area contributed by atoms with E-state index in [1.54, 1.807) is 32.0 Å². The van der Waals surface area contributed by atoms with Crippen molar-refractivity contribution in [3.8, 4) is 0 Å². The first-order valence-electron chi connectivity index (χ1n) is 6.04. The summed E-state index contributed by atoms with van der Waals surface area (Å²) in [5.41, 5.74) is 0.389. The van der Waals surface area contributed by atoms with Crippen LogP contribution in [-0.4, -0.2) is 38.5 Å². The van der Waals surface area contributed by atoms with Crippen LogP contribution in [0.5, 0.6) is 0 Å². The second-order valence-electron chi connectivity index (χ2n) is 4.56. The van der Waals surface area contributed by atoms with E-state index >= 15 is 0 Å². The largest absolute Gasteiger partial charge is 0.478 e. The van der Waals surface area contributed by atoms with E-state index in [0.29, 0.717) is 5.69 Å². The Morgan fingerprint density at radius 1 is 1.35 bits per heavy atom. The summed E-state index contributed by atoms with van der Waals surface area (Å²) in [6, 6.07) is 6.06. The van der Waals surface area contributed by atoms with Crippen molar-refractivity contribution in [1.82, 2.24) is 4.90 Å². The number of hydrogen-bond acceptors (Lipinski definition) is 5. The zero-order valence-electron chi connectivity index (χ0n) is 11.0. The zero-order chi connectivity index (χ0) is 14.9. The van der Waals surface area contributed by atoms with Gasteiger partial charge >= 0.3 is 5.97 Å². The number of nitrogens with one attached hydrogen (secondary N) is 1. The quantitative estimate of drug-likeness (QED) is 0.885. The fourth-order valence-corrected chi connectivity index (χ4v) is 2.93. The van der Waals surface area contributed by atoms with Gasteiger partial charge in [-0.15, -0.1) is 0 Å². The first-order chi connectivity index (χ1) is 9.41. The van der Waals surface area contributed by atoms with Gasteiger partial charge in [0, 0.05) is 11.7 Å². The van der Waals surface area contributed by atoms with E-state index in [-0.39, 0.29) is 22.8 Å². The number of hydrogen-bond donors (Lipinski definition) is 2. The molecule has 1 fully saturated rings. The van der Waals surface area contributed by atoms with Crippen molar-refractivity contribution in [2.24, 2.45) is 0 Å². The van der Waals surface area contributed by atoms with Crippen LogP contribution >= 0.6 is 11.8 Å². The molecule has 20 heavy (non-hydrogen) atoms. The predicted molar refractivity (Wildman–Crippen MR) is 75.8 cm³/mol. The summed E-state index contributed by atoms with van der Waals surface area (Å²) in [5, 5.41) is 10.8. The lowest BCUT2D eigenvalue weighted by Gasteiger charge is -2.18. The number of carbonyl (C=O) groups is 3. The van der Waals surface area contributed by atoms with Gasteiger partial charge in [-0.25, -0.2) is 4.79 Å². The molecule has 1 atom stereocenters. The highest BCUT2D eigenvalue weighted by Gasteiger charge is 2.41. The highest BCUT2D eigenvalue weighted by molar-refractivity contribution is 8.15. The molecule has 0 bridgehead atoms. The standard InChI is InChI=1S/C13H14N2O4S/c1-7(2)15-11(16)10(20-13(15)19)14-9-6-4-3-5-8(9)12(17)18/h3-7,10,14H,1-2H3,(H,17,18). The SMILES string of the molecule is CC(C)N1C(=O)SC(Nc2ccccc2C(=O)O)C1=O. The van der Waals surface area contributed by atoms with Gasteiger partial charge < -0.3 is 10.4 Å². The fourth-order valence-electron chi connectivity index (χ4n) is 1.92. The normalized spacial score (nSPS) is 18.8. The van der Waals surface area contributed by atoms with Crippen LogP contribution in [0.2, 0.25) is 0 Å². The van der Waals surface area contributed by atoms with E-state index in [0.717, 1.165) is 11.8 Å². The summed E-state index contributed by atoms with van der Waals surface area (Å²) in [6.45, 7) is 3.51. The second-order valence-corrected chi connectivity index (χ2v) is 5.62. The van der Waals surface area contributed by atoms with Crippen LogP contribution in [-0.2, 0) is 4.79 Å². The number of carboxylic acid groups (broad SMARTS) is 1. The Hall–Kier alpha value is -2.02. The lowest BCUT2D eigenvalue weighted by molar-refractivity contribution is -0.127. The molecule has 1 aromatic rings. The van der Waals surface area contributed by atoms with Crippen molar-refractivity contribution in [3.63, 3.8) is 0 Å². The molecule has 1 aromatic carbocycles. The number of carboxylic acids is 1. The van der Waals surface area contributed by atoms with Crippen molar-refractivity contribution in [2.75, 3.05) is 5.32 Å². The molecule has 2 rings (SSSR count). The molecule has 0 aromatic heterocycles. The Bertz CT molecular complexity index is 573. The van der Waals surface area contributed by atoms with Crippen LogP contribution in [0.1, 0.15) is 24.2 Å². The highest BCUT2D eigenvalue weighted by atomic mass is 32.2. The first kappa shape index (κ1) is 14.4. The van der Waals surface area contributed by atoms with Crippen molar-refractivity contribution < 1.29 is 19.5 Å². The molecule has 1 heterocycles. The fraction of sp³-hybridized carbons (Fsp3) is 0.308. The van der Waals surface area contributed by atoms with Crippen molar-refractivity contribution in [3.05, 3.63) is 29.8 Å². The predicted octanol–water partition coefficient (Wildman–Crippen LogP) is 2.23. The number of aromatic carboxylic acids is 1. The van der Waals surface area contributed by atoms with Crippen molar-refractivity contribution in [2.45, 2.75) is 25.3 Å². The first-order valence-corrected chi connectivity index (χ1v) is 6.92. The molecule has 0 aliphatic carbocycles. The Morgan fingerprint density at radius 3 is 2.55 bits per heavy atom. The molecule has 0 radical (unpaired) electrons. The van der Waals surface area contributed by atoms with Crippen LogP contribution in [0.3, 0.4) is 0 Å². The van der Waals surface area contributed by atoms with E-state index in [9.17, 15) is 14.4 Å². The third-order valence-corrected chi connectivity index (χ3v) is 3.79. The molecule has 0 spiro atoms. The average molecular weight is 294 g/mol. The van der Waals surface area contributed by atoms with E-state index in [2.05, 4.69) is 5.32 Å². The molecule has 2 amide bonds. The topological polar surface area (TPSA) is 86.7 Å². The van der Waals surface area contributed by atoms with Crippen LogP contribution in [0.25, 0.3) is 0 Å². The summed E-state index contributed by atoms with van der Waals surface area (Å²) < 4.78 is 0. The number of benzene rings is 1. The van der Waals surface area contributed by atoms with Crippen molar-refractivity contribution >= 4 is 34.6 Å². The summed E-state index contributed by atoms with van der Waals surface area (Å²) in [6.07, 6.45) is 0. The van der Waals surface area contributed by atoms with Crippen molar-refractivity contribution in [1.29, 1.82) is 0 Å². The molecule has 7 heteroatoms.